The van der Waals surface area contributed by atoms with E-state index in [-0.39, 0.29) is 11.6 Å². The van der Waals surface area contributed by atoms with E-state index >= 15 is 0 Å². The third-order valence-corrected chi connectivity index (χ3v) is 5.37. The van der Waals surface area contributed by atoms with E-state index in [1.54, 1.807) is 16.7 Å². The van der Waals surface area contributed by atoms with Crippen LogP contribution in [0.25, 0.3) is 5.69 Å². The molecule has 4 nitrogen and oxygen atoms in total. The summed E-state index contributed by atoms with van der Waals surface area (Å²) in [6.07, 6.45) is 0. The number of hydrogen-bond acceptors (Lipinski definition) is 4. The number of carbonyl (C=O) groups excluding carboxylic acids is 1. The standard InChI is InChI=1S/C17H13ClFN3OS2/c1-9-8-12(6-7-13(9)18)22-15(20)14(25-17(22)24)16(23)21-11-4-2-10(19)3-5-11/h2-8H,20H2,1H3,(H,21,23). The molecule has 0 spiro atoms. The normalized spacial score (nSPS) is 10.7. The van der Waals surface area contributed by atoms with Gasteiger partial charge in [-0.15, -0.1) is 0 Å². The van der Waals surface area contributed by atoms with Crippen LogP contribution in [-0.2, 0) is 0 Å². The highest BCUT2D eigenvalue weighted by Crippen LogP contribution is 2.29. The molecule has 128 valence electrons. The molecule has 0 saturated heterocycles. The van der Waals surface area contributed by atoms with E-state index in [1.165, 1.54) is 24.3 Å². The molecular weight excluding hydrogens is 381 g/mol. The molecule has 2 aromatic carbocycles. The fourth-order valence-electron chi connectivity index (χ4n) is 2.28. The van der Waals surface area contributed by atoms with E-state index in [9.17, 15) is 9.18 Å². The van der Waals surface area contributed by atoms with Crippen molar-refractivity contribution in [3.8, 4) is 5.69 Å². The van der Waals surface area contributed by atoms with Gasteiger partial charge in [-0.3, -0.25) is 9.36 Å². The fraction of sp³-hybridized carbons (Fsp3) is 0.0588. The molecule has 3 aromatic rings. The number of aryl methyl sites for hydroxylation is 1. The summed E-state index contributed by atoms with van der Waals surface area (Å²) >= 11 is 12.5. The SMILES string of the molecule is Cc1cc(-n2c(N)c(C(=O)Nc3ccc(F)cc3)sc2=S)ccc1Cl. The van der Waals surface area contributed by atoms with Gasteiger partial charge in [-0.25, -0.2) is 4.39 Å². The first-order chi connectivity index (χ1) is 11.9. The number of aromatic nitrogens is 1. The second kappa shape index (κ2) is 6.95. The summed E-state index contributed by atoms with van der Waals surface area (Å²) < 4.78 is 15.0. The number of thiazole rings is 1. The summed E-state index contributed by atoms with van der Waals surface area (Å²) in [5.74, 6) is -0.529. The van der Waals surface area contributed by atoms with E-state index < -0.39 is 5.91 Å². The Morgan fingerprint density at radius 1 is 1.28 bits per heavy atom. The van der Waals surface area contributed by atoms with Gasteiger partial charge in [0, 0.05) is 16.4 Å². The minimum Gasteiger partial charge on any atom is -0.383 e. The van der Waals surface area contributed by atoms with Crippen molar-refractivity contribution >= 4 is 52.6 Å². The molecule has 0 aliphatic carbocycles. The fourth-order valence-corrected chi connectivity index (χ4v) is 3.66. The number of nitrogens with two attached hydrogens (primary N) is 1. The van der Waals surface area contributed by atoms with E-state index in [0.717, 1.165) is 22.6 Å². The number of carbonyl (C=O) groups is 1. The van der Waals surface area contributed by atoms with Gasteiger partial charge < -0.3 is 11.1 Å². The quantitative estimate of drug-likeness (QED) is 0.601. The van der Waals surface area contributed by atoms with Crippen LogP contribution in [0.1, 0.15) is 15.2 Å². The zero-order chi connectivity index (χ0) is 18.1. The number of nitrogens with one attached hydrogen (secondary N) is 1. The highest BCUT2D eigenvalue weighted by molar-refractivity contribution is 7.73. The lowest BCUT2D eigenvalue weighted by Gasteiger charge is -2.09. The summed E-state index contributed by atoms with van der Waals surface area (Å²) in [7, 11) is 0. The molecule has 0 aliphatic heterocycles. The number of hydrogen-bond donors (Lipinski definition) is 2. The molecule has 0 unspecified atom stereocenters. The van der Waals surface area contributed by atoms with Crippen molar-refractivity contribution in [2.24, 2.45) is 0 Å². The van der Waals surface area contributed by atoms with Gasteiger partial charge in [0.15, 0.2) is 3.95 Å². The Morgan fingerprint density at radius 3 is 2.60 bits per heavy atom. The first-order valence-corrected chi connectivity index (χ1v) is 8.82. The van der Waals surface area contributed by atoms with Crippen LogP contribution in [0.3, 0.4) is 0 Å². The Balaban J connectivity index is 1.96. The number of rotatable bonds is 3. The molecule has 0 saturated carbocycles. The Bertz CT molecular complexity index is 1010. The van der Waals surface area contributed by atoms with Crippen LogP contribution in [-0.4, -0.2) is 10.5 Å². The maximum Gasteiger partial charge on any atom is 0.269 e. The van der Waals surface area contributed by atoms with E-state index in [1.807, 2.05) is 13.0 Å². The lowest BCUT2D eigenvalue weighted by molar-refractivity contribution is 0.103. The molecule has 3 rings (SSSR count). The Morgan fingerprint density at radius 2 is 1.96 bits per heavy atom. The minimum atomic E-state index is -0.398. The van der Waals surface area contributed by atoms with Crippen LogP contribution in [0.4, 0.5) is 15.9 Å². The van der Waals surface area contributed by atoms with Gasteiger partial charge in [-0.2, -0.15) is 0 Å². The predicted molar refractivity (Wildman–Crippen MR) is 103 cm³/mol. The van der Waals surface area contributed by atoms with Gasteiger partial charge in [-0.05, 0) is 67.2 Å². The maximum atomic E-state index is 13.0. The third-order valence-electron chi connectivity index (χ3n) is 3.55. The molecule has 3 N–H and O–H groups in total. The van der Waals surface area contributed by atoms with Gasteiger partial charge in [0.25, 0.3) is 5.91 Å². The largest absolute Gasteiger partial charge is 0.383 e. The van der Waals surface area contributed by atoms with Gasteiger partial charge in [0.2, 0.25) is 0 Å². The summed E-state index contributed by atoms with van der Waals surface area (Å²) in [5.41, 5.74) is 8.24. The number of nitrogen functional groups attached to an aromatic ring is 1. The summed E-state index contributed by atoms with van der Waals surface area (Å²) in [4.78, 5) is 12.8. The molecule has 0 atom stereocenters. The second-order valence-electron chi connectivity index (χ2n) is 5.31. The number of amides is 1. The van der Waals surface area contributed by atoms with Crippen molar-refractivity contribution < 1.29 is 9.18 Å². The van der Waals surface area contributed by atoms with Crippen LogP contribution in [0, 0.1) is 16.7 Å². The molecule has 0 aliphatic rings. The Hall–Kier alpha value is -2.22. The van der Waals surface area contributed by atoms with Crippen molar-refractivity contribution in [2.45, 2.75) is 6.92 Å². The first-order valence-electron chi connectivity index (χ1n) is 7.21. The molecule has 0 bridgehead atoms. The highest BCUT2D eigenvalue weighted by Gasteiger charge is 2.18. The summed E-state index contributed by atoms with van der Waals surface area (Å²) in [6.45, 7) is 1.88. The van der Waals surface area contributed by atoms with E-state index in [0.29, 0.717) is 19.5 Å². The average Bonchev–Trinajstić information content (AvgIpc) is 2.87. The molecule has 0 fully saturated rings. The molecule has 0 radical (unpaired) electrons. The van der Waals surface area contributed by atoms with Crippen LogP contribution in [0.15, 0.2) is 42.5 Å². The Kier molecular flexibility index (Phi) is 4.89. The number of halogens is 2. The van der Waals surface area contributed by atoms with Crippen LogP contribution < -0.4 is 11.1 Å². The molecule has 1 amide bonds. The molecule has 1 aromatic heterocycles. The van der Waals surface area contributed by atoms with Crippen molar-refractivity contribution in [3.05, 3.63) is 67.7 Å². The van der Waals surface area contributed by atoms with Crippen LogP contribution >= 0.6 is 35.2 Å². The van der Waals surface area contributed by atoms with Crippen molar-refractivity contribution in [2.75, 3.05) is 11.1 Å². The maximum absolute atomic E-state index is 13.0. The lowest BCUT2D eigenvalue weighted by Crippen LogP contribution is -2.13. The number of nitrogens with zero attached hydrogens (tertiary/aromatic N) is 1. The van der Waals surface area contributed by atoms with Gasteiger partial charge in [0.1, 0.15) is 16.5 Å². The second-order valence-corrected chi connectivity index (χ2v) is 7.36. The topological polar surface area (TPSA) is 60.0 Å². The number of anilines is 2. The third kappa shape index (κ3) is 3.58. The smallest absolute Gasteiger partial charge is 0.269 e. The summed E-state index contributed by atoms with van der Waals surface area (Å²) in [6, 6.07) is 10.9. The van der Waals surface area contributed by atoms with Crippen molar-refractivity contribution in [1.29, 1.82) is 0 Å². The van der Waals surface area contributed by atoms with E-state index in [2.05, 4.69) is 5.32 Å². The van der Waals surface area contributed by atoms with Gasteiger partial charge in [0.05, 0.1) is 0 Å². The van der Waals surface area contributed by atoms with Crippen LogP contribution in [0.5, 0.6) is 0 Å². The molecule has 1 heterocycles. The average molecular weight is 394 g/mol. The minimum absolute atomic E-state index is 0.247. The van der Waals surface area contributed by atoms with Crippen molar-refractivity contribution in [3.63, 3.8) is 0 Å². The van der Waals surface area contributed by atoms with Crippen molar-refractivity contribution in [1.82, 2.24) is 4.57 Å². The molecule has 25 heavy (non-hydrogen) atoms. The van der Waals surface area contributed by atoms with Gasteiger partial charge >= 0.3 is 0 Å². The highest BCUT2D eigenvalue weighted by atomic mass is 35.5. The monoisotopic (exact) mass is 393 g/mol. The zero-order valence-corrected chi connectivity index (χ0v) is 15.4. The molecular formula is C17H13ClFN3OS2. The lowest BCUT2D eigenvalue weighted by atomic mass is 10.2. The first kappa shape index (κ1) is 17.6. The zero-order valence-electron chi connectivity index (χ0n) is 13.0. The summed E-state index contributed by atoms with van der Waals surface area (Å²) in [5, 5.41) is 3.32. The number of benzene rings is 2. The molecule has 8 heteroatoms. The van der Waals surface area contributed by atoms with Gasteiger partial charge in [-0.1, -0.05) is 22.9 Å². The predicted octanol–water partition coefficient (Wildman–Crippen LogP) is 5.20. The van der Waals surface area contributed by atoms with E-state index in [4.69, 9.17) is 29.6 Å². The van der Waals surface area contributed by atoms with Crippen LogP contribution in [0.2, 0.25) is 5.02 Å². The Labute approximate surface area is 157 Å².